The lowest BCUT2D eigenvalue weighted by atomic mass is 9.99. The van der Waals surface area contributed by atoms with Gasteiger partial charge in [0.15, 0.2) is 11.5 Å². The number of aliphatic carboxylic acids is 1. The van der Waals surface area contributed by atoms with E-state index in [1.165, 1.54) is 0 Å². The summed E-state index contributed by atoms with van der Waals surface area (Å²) in [4.78, 5) is 13.0. The van der Waals surface area contributed by atoms with Crippen LogP contribution in [0.3, 0.4) is 0 Å². The SMILES string of the molecule is C.N#Cc1c(N)nc2c(c1N)Cc1cccc(OCCO)c1O2.O=C(O)C(F)(F)F. The molecule has 1 aliphatic heterocycles. The van der Waals surface area contributed by atoms with Crippen LogP contribution in [0.15, 0.2) is 18.2 Å². The second kappa shape index (κ2) is 9.66. The number of ether oxygens (including phenoxy) is 2. The summed E-state index contributed by atoms with van der Waals surface area (Å²) >= 11 is 0. The summed E-state index contributed by atoms with van der Waals surface area (Å²) in [6.07, 6.45) is -4.62. The average Bonchev–Trinajstić information content (AvgIpc) is 2.65. The molecule has 1 aromatic heterocycles. The molecule has 2 aromatic rings. The molecule has 0 aliphatic carbocycles. The molecule has 162 valence electrons. The van der Waals surface area contributed by atoms with Gasteiger partial charge in [0.1, 0.15) is 24.1 Å². The van der Waals surface area contributed by atoms with Crippen LogP contribution in [0.25, 0.3) is 0 Å². The predicted octanol–water partition coefficient (Wildman–Crippen LogP) is 2.45. The third kappa shape index (κ3) is 5.21. The van der Waals surface area contributed by atoms with Crippen LogP contribution in [0.1, 0.15) is 24.1 Å². The molecule has 12 heteroatoms. The summed E-state index contributed by atoms with van der Waals surface area (Å²) in [5, 5.41) is 25.1. The Kier molecular flexibility index (Phi) is 7.83. The van der Waals surface area contributed by atoms with Gasteiger partial charge in [-0.05, 0) is 6.07 Å². The van der Waals surface area contributed by atoms with Crippen molar-refractivity contribution in [1.29, 1.82) is 5.26 Å². The topological polar surface area (TPSA) is 165 Å². The van der Waals surface area contributed by atoms with Gasteiger partial charge >= 0.3 is 12.1 Å². The number of hydrogen-bond acceptors (Lipinski definition) is 8. The van der Waals surface area contributed by atoms with Gasteiger partial charge < -0.3 is 31.2 Å². The molecule has 2 heterocycles. The van der Waals surface area contributed by atoms with Gasteiger partial charge in [-0.25, -0.2) is 4.79 Å². The number of pyridine rings is 1. The zero-order valence-electron chi connectivity index (χ0n) is 14.7. The molecule has 0 spiro atoms. The Balaban J connectivity index is 0.000000489. The number of rotatable bonds is 3. The number of nitrogen functional groups attached to an aromatic ring is 2. The molecule has 30 heavy (non-hydrogen) atoms. The Labute approximate surface area is 169 Å². The van der Waals surface area contributed by atoms with Gasteiger partial charge in [-0.3, -0.25) is 0 Å². The van der Waals surface area contributed by atoms with Crippen LogP contribution in [0, 0.1) is 11.3 Å². The van der Waals surface area contributed by atoms with E-state index in [9.17, 15) is 13.2 Å². The first-order valence-electron chi connectivity index (χ1n) is 7.91. The first-order valence-corrected chi connectivity index (χ1v) is 7.91. The highest BCUT2D eigenvalue weighted by Gasteiger charge is 2.38. The molecule has 1 aromatic carbocycles. The summed E-state index contributed by atoms with van der Waals surface area (Å²) in [5.74, 6) is -1.40. The number of aliphatic hydroxyl groups excluding tert-OH is 1. The lowest BCUT2D eigenvalue weighted by Crippen LogP contribution is -2.21. The number of aliphatic hydroxyl groups is 1. The number of nitriles is 1. The van der Waals surface area contributed by atoms with Gasteiger partial charge in [-0.1, -0.05) is 19.6 Å². The first-order chi connectivity index (χ1) is 13.6. The van der Waals surface area contributed by atoms with Gasteiger partial charge in [0, 0.05) is 17.5 Å². The summed E-state index contributed by atoms with van der Waals surface area (Å²) in [7, 11) is 0. The van der Waals surface area contributed by atoms with Crippen LogP contribution in [-0.4, -0.2) is 40.6 Å². The molecular weight excluding hydrogens is 409 g/mol. The fourth-order valence-electron chi connectivity index (χ4n) is 2.38. The van der Waals surface area contributed by atoms with Crippen molar-refractivity contribution in [3.63, 3.8) is 0 Å². The second-order valence-corrected chi connectivity index (χ2v) is 5.58. The molecular formula is C18H19F3N4O5. The number of para-hydroxylation sites is 1. The maximum Gasteiger partial charge on any atom is 0.490 e. The fourth-order valence-corrected chi connectivity index (χ4v) is 2.38. The van der Waals surface area contributed by atoms with Gasteiger partial charge in [-0.2, -0.15) is 23.4 Å². The zero-order valence-corrected chi connectivity index (χ0v) is 14.7. The van der Waals surface area contributed by atoms with E-state index in [1.54, 1.807) is 6.07 Å². The number of nitrogens with zero attached hydrogens (tertiary/aromatic N) is 2. The minimum Gasteiger partial charge on any atom is -0.487 e. The van der Waals surface area contributed by atoms with Crippen molar-refractivity contribution >= 4 is 17.5 Å². The molecule has 9 nitrogen and oxygen atoms in total. The van der Waals surface area contributed by atoms with Gasteiger partial charge in [-0.15, -0.1) is 0 Å². The largest absolute Gasteiger partial charge is 0.490 e. The fraction of sp³-hybridized carbons (Fsp3) is 0.278. The zero-order chi connectivity index (χ0) is 21.8. The normalized spacial score (nSPS) is 11.3. The maximum absolute atomic E-state index is 10.6. The quantitative estimate of drug-likeness (QED) is 0.490. The van der Waals surface area contributed by atoms with E-state index in [1.807, 2.05) is 18.2 Å². The Bertz CT molecular complexity index is 974. The molecule has 0 atom stereocenters. The molecule has 0 radical (unpaired) electrons. The third-order valence-corrected chi connectivity index (χ3v) is 3.66. The molecule has 1 aliphatic rings. The van der Waals surface area contributed by atoms with E-state index in [0.717, 1.165) is 5.56 Å². The molecule has 0 unspecified atom stereocenters. The number of carboxylic acid groups (broad SMARTS) is 1. The van der Waals surface area contributed by atoms with E-state index in [2.05, 4.69) is 4.98 Å². The van der Waals surface area contributed by atoms with Crippen molar-refractivity contribution in [2.24, 2.45) is 0 Å². The van der Waals surface area contributed by atoms with Crippen molar-refractivity contribution < 1.29 is 37.7 Å². The minimum absolute atomic E-state index is 0. The van der Waals surface area contributed by atoms with Crippen molar-refractivity contribution in [3.05, 3.63) is 34.9 Å². The first kappa shape index (κ1) is 24.3. The van der Waals surface area contributed by atoms with E-state index in [4.69, 9.17) is 41.2 Å². The van der Waals surface area contributed by atoms with E-state index < -0.39 is 12.1 Å². The number of carboxylic acids is 1. The van der Waals surface area contributed by atoms with Crippen LogP contribution in [-0.2, 0) is 11.2 Å². The smallest absolute Gasteiger partial charge is 0.487 e. The van der Waals surface area contributed by atoms with Crippen molar-refractivity contribution in [3.8, 4) is 23.4 Å². The number of hydrogen-bond donors (Lipinski definition) is 4. The lowest BCUT2D eigenvalue weighted by molar-refractivity contribution is -0.192. The molecule has 0 bridgehead atoms. The lowest BCUT2D eigenvalue weighted by Gasteiger charge is -2.23. The number of alkyl halides is 3. The molecule has 0 amide bonds. The summed E-state index contributed by atoms with van der Waals surface area (Å²) in [6, 6.07) is 7.41. The number of anilines is 2. The van der Waals surface area contributed by atoms with Crippen LogP contribution in [0.5, 0.6) is 17.4 Å². The standard InChI is InChI=1S/C15H14N4O3.C2HF3O2.CH4/c16-7-10-12(17)9-6-8-2-1-3-11(21-5-4-20)13(8)22-15(9)19-14(10)18;3-2(4,5)1(6)7;/h1-3,20H,4-6H2,(H4,17,18,19);(H,6,7);1H4. The summed E-state index contributed by atoms with van der Waals surface area (Å²) in [6.45, 7) is 0.0711. The highest BCUT2D eigenvalue weighted by Crippen LogP contribution is 2.44. The van der Waals surface area contributed by atoms with Crippen LogP contribution < -0.4 is 20.9 Å². The summed E-state index contributed by atoms with van der Waals surface area (Å²) < 4.78 is 43.0. The van der Waals surface area contributed by atoms with E-state index in [0.29, 0.717) is 23.5 Å². The molecule has 0 fully saturated rings. The van der Waals surface area contributed by atoms with E-state index >= 15 is 0 Å². The Morgan fingerprint density at radius 3 is 2.53 bits per heavy atom. The van der Waals surface area contributed by atoms with Crippen LogP contribution in [0.2, 0.25) is 0 Å². The minimum atomic E-state index is -5.08. The molecule has 3 rings (SSSR count). The predicted molar refractivity (Wildman–Crippen MR) is 100 cm³/mol. The molecule has 6 N–H and O–H groups in total. The molecule has 0 saturated carbocycles. The van der Waals surface area contributed by atoms with Gasteiger partial charge in [0.25, 0.3) is 0 Å². The second-order valence-electron chi connectivity index (χ2n) is 5.58. The van der Waals surface area contributed by atoms with E-state index in [-0.39, 0.29) is 43.6 Å². The van der Waals surface area contributed by atoms with Gasteiger partial charge in [0.2, 0.25) is 5.88 Å². The van der Waals surface area contributed by atoms with Crippen molar-refractivity contribution in [2.75, 3.05) is 24.7 Å². The number of fused-ring (bicyclic) bond motifs is 2. The Morgan fingerprint density at radius 2 is 2.00 bits per heavy atom. The number of benzene rings is 1. The summed E-state index contributed by atoms with van der Waals surface area (Å²) in [5.41, 5.74) is 13.7. The highest BCUT2D eigenvalue weighted by atomic mass is 19.4. The number of carbonyl (C=O) groups is 1. The number of halogens is 3. The Morgan fingerprint density at radius 1 is 1.37 bits per heavy atom. The van der Waals surface area contributed by atoms with Crippen molar-refractivity contribution in [2.45, 2.75) is 20.0 Å². The Hall–Kier alpha value is -3.72. The van der Waals surface area contributed by atoms with Crippen molar-refractivity contribution in [1.82, 2.24) is 4.98 Å². The number of nitrogens with two attached hydrogens (primary N) is 2. The molecule has 0 saturated heterocycles. The van der Waals surface area contributed by atoms with Gasteiger partial charge in [0.05, 0.1) is 12.3 Å². The third-order valence-electron chi connectivity index (χ3n) is 3.66. The van der Waals surface area contributed by atoms with Crippen LogP contribution >= 0.6 is 0 Å². The van der Waals surface area contributed by atoms with Crippen LogP contribution in [0.4, 0.5) is 24.7 Å². The maximum atomic E-state index is 10.6. The number of aromatic nitrogens is 1. The monoisotopic (exact) mass is 428 g/mol. The average molecular weight is 428 g/mol. The highest BCUT2D eigenvalue weighted by molar-refractivity contribution is 5.73.